The number of fused-ring (bicyclic) bond motifs is 1. The van der Waals surface area contributed by atoms with E-state index in [1.807, 2.05) is 30.3 Å². The first-order valence-electron chi connectivity index (χ1n) is 13.3. The number of hydrogen-bond donors (Lipinski definition) is 1. The van der Waals surface area contributed by atoms with E-state index in [1.54, 1.807) is 45.5 Å². The van der Waals surface area contributed by atoms with Crippen molar-refractivity contribution in [2.24, 2.45) is 11.8 Å². The molecule has 2 unspecified atom stereocenters. The Hall–Kier alpha value is -2.58. The van der Waals surface area contributed by atoms with E-state index in [-0.39, 0.29) is 29.6 Å². The molecule has 1 N–H and O–H groups in total. The average Bonchev–Trinajstić information content (AvgIpc) is 3.56. The van der Waals surface area contributed by atoms with E-state index in [1.165, 1.54) is 0 Å². The summed E-state index contributed by atoms with van der Waals surface area (Å²) in [5, 5.41) is 10.1. The van der Waals surface area contributed by atoms with E-state index < -0.39 is 28.7 Å². The molecule has 6 atom stereocenters. The largest absolute Gasteiger partial charge is 0.394 e. The number of aliphatic hydroxyl groups excluding tert-OH is 1. The van der Waals surface area contributed by atoms with Gasteiger partial charge in [-0.05, 0) is 38.3 Å². The van der Waals surface area contributed by atoms with Crippen molar-refractivity contribution in [1.29, 1.82) is 0 Å². The molecule has 37 heavy (non-hydrogen) atoms. The van der Waals surface area contributed by atoms with Gasteiger partial charge in [0.15, 0.2) is 0 Å². The van der Waals surface area contributed by atoms with Gasteiger partial charge in [-0.25, -0.2) is 0 Å². The lowest BCUT2D eigenvalue weighted by molar-refractivity contribution is -0.145. The number of anilines is 1. The zero-order valence-corrected chi connectivity index (χ0v) is 22.7. The lowest BCUT2D eigenvalue weighted by atomic mass is 9.70. The SMILES string of the molecule is C=CCN(CCCC)C(=O)C1N([C@H](C)CO)C(=O)[C@@H]2[C@H](C(=O)N(CC=C)c3ccccc3)[C@@H]3CCC12S3. The topological polar surface area (TPSA) is 81.2 Å². The number of aliphatic hydroxyl groups is 1. The molecule has 3 saturated heterocycles. The Kier molecular flexibility index (Phi) is 8.49. The zero-order chi connectivity index (χ0) is 26.7. The van der Waals surface area contributed by atoms with Crippen molar-refractivity contribution < 1.29 is 19.5 Å². The van der Waals surface area contributed by atoms with Gasteiger partial charge in [0.2, 0.25) is 17.7 Å². The van der Waals surface area contributed by atoms with E-state index in [4.69, 9.17) is 0 Å². The predicted molar refractivity (Wildman–Crippen MR) is 148 cm³/mol. The second-order valence-electron chi connectivity index (χ2n) is 10.3. The van der Waals surface area contributed by atoms with Crippen molar-refractivity contribution in [3.8, 4) is 0 Å². The van der Waals surface area contributed by atoms with Gasteiger partial charge in [-0.1, -0.05) is 43.7 Å². The number of unbranched alkanes of at least 4 members (excludes halogenated alkanes) is 1. The Balaban J connectivity index is 1.74. The van der Waals surface area contributed by atoms with Gasteiger partial charge >= 0.3 is 0 Å². The van der Waals surface area contributed by atoms with Crippen LogP contribution in [-0.2, 0) is 14.4 Å². The lowest BCUT2D eigenvalue weighted by Crippen LogP contribution is -2.57. The van der Waals surface area contributed by atoms with Gasteiger partial charge in [0.05, 0.1) is 29.2 Å². The Bertz CT molecular complexity index is 1030. The number of carbonyl (C=O) groups excluding carboxylic acids is 3. The summed E-state index contributed by atoms with van der Waals surface area (Å²) in [5.74, 6) is -1.51. The smallest absolute Gasteiger partial charge is 0.247 e. The Morgan fingerprint density at radius 1 is 1.22 bits per heavy atom. The Morgan fingerprint density at radius 2 is 1.92 bits per heavy atom. The summed E-state index contributed by atoms with van der Waals surface area (Å²) in [6.07, 6.45) is 6.71. The molecule has 4 rings (SSSR count). The molecule has 1 aromatic rings. The highest BCUT2D eigenvalue weighted by molar-refractivity contribution is 8.02. The van der Waals surface area contributed by atoms with Crippen molar-refractivity contribution in [2.45, 2.75) is 61.6 Å². The summed E-state index contributed by atoms with van der Waals surface area (Å²) in [6, 6.07) is 8.23. The third-order valence-electron chi connectivity index (χ3n) is 8.08. The molecule has 3 aliphatic rings. The van der Waals surface area contributed by atoms with E-state index in [2.05, 4.69) is 20.1 Å². The van der Waals surface area contributed by atoms with Crippen LogP contribution in [0, 0.1) is 11.8 Å². The molecule has 0 radical (unpaired) electrons. The monoisotopic (exact) mass is 525 g/mol. The first-order valence-corrected chi connectivity index (χ1v) is 14.2. The van der Waals surface area contributed by atoms with Crippen molar-refractivity contribution in [3.63, 3.8) is 0 Å². The molecule has 2 bridgehead atoms. The molecule has 1 aromatic carbocycles. The number of nitrogens with zero attached hydrogens (tertiary/aromatic N) is 3. The number of para-hydroxylation sites is 1. The molecule has 7 nitrogen and oxygen atoms in total. The van der Waals surface area contributed by atoms with E-state index in [9.17, 15) is 19.5 Å². The molecule has 3 heterocycles. The minimum absolute atomic E-state index is 0.0251. The number of amides is 3. The van der Waals surface area contributed by atoms with Crippen LogP contribution in [0.2, 0.25) is 0 Å². The van der Waals surface area contributed by atoms with Crippen LogP contribution in [0.5, 0.6) is 0 Å². The summed E-state index contributed by atoms with van der Waals surface area (Å²) in [4.78, 5) is 47.5. The fraction of sp³-hybridized carbons (Fsp3) is 0.552. The van der Waals surface area contributed by atoms with Crippen LogP contribution in [0.1, 0.15) is 39.5 Å². The van der Waals surface area contributed by atoms with Crippen LogP contribution in [0.4, 0.5) is 5.69 Å². The molecule has 3 amide bonds. The van der Waals surface area contributed by atoms with Crippen LogP contribution in [0.15, 0.2) is 55.6 Å². The molecule has 200 valence electrons. The highest BCUT2D eigenvalue weighted by Gasteiger charge is 2.74. The van der Waals surface area contributed by atoms with Crippen LogP contribution in [0.3, 0.4) is 0 Å². The van der Waals surface area contributed by atoms with Crippen molar-refractivity contribution in [1.82, 2.24) is 9.80 Å². The van der Waals surface area contributed by atoms with Crippen LogP contribution in [-0.4, -0.2) is 80.9 Å². The van der Waals surface area contributed by atoms with Crippen molar-refractivity contribution in [2.75, 3.05) is 31.1 Å². The van der Waals surface area contributed by atoms with Crippen molar-refractivity contribution in [3.05, 3.63) is 55.6 Å². The van der Waals surface area contributed by atoms with Gasteiger partial charge in [0.25, 0.3) is 0 Å². The van der Waals surface area contributed by atoms with Gasteiger partial charge < -0.3 is 19.8 Å². The fourth-order valence-electron chi connectivity index (χ4n) is 6.42. The summed E-state index contributed by atoms with van der Waals surface area (Å²) in [6.45, 7) is 12.6. The normalized spacial score (nSPS) is 28.6. The fourth-order valence-corrected chi connectivity index (χ4v) is 8.62. The predicted octanol–water partition coefficient (Wildman–Crippen LogP) is 3.49. The van der Waals surface area contributed by atoms with Gasteiger partial charge in [-0.2, -0.15) is 0 Å². The number of benzene rings is 1. The number of hydrogen-bond acceptors (Lipinski definition) is 5. The van der Waals surface area contributed by atoms with E-state index >= 15 is 0 Å². The van der Waals surface area contributed by atoms with Crippen molar-refractivity contribution >= 4 is 35.2 Å². The van der Waals surface area contributed by atoms with Gasteiger partial charge in [-0.15, -0.1) is 24.9 Å². The third kappa shape index (κ3) is 4.63. The zero-order valence-electron chi connectivity index (χ0n) is 21.9. The van der Waals surface area contributed by atoms with E-state index in [0.29, 0.717) is 26.1 Å². The summed E-state index contributed by atoms with van der Waals surface area (Å²) in [5.41, 5.74) is 0.768. The standard InChI is InChI=1S/C29H39N3O4S/c1-5-8-18-30(16-6-2)28(36)25-29-15-14-22(37-29)23(24(29)27(35)32(25)20(4)19-33)26(34)31(17-7-3)21-12-10-9-11-13-21/h6-7,9-13,20,22-25,33H,2-3,5,8,14-19H2,1,4H3/t20-,22+,23-,24+,25?,29?/m1/s1. The second-order valence-corrected chi connectivity index (χ2v) is 11.9. The van der Waals surface area contributed by atoms with Crippen LogP contribution in [0.25, 0.3) is 0 Å². The molecule has 3 aliphatic heterocycles. The minimum Gasteiger partial charge on any atom is -0.394 e. The maximum atomic E-state index is 14.2. The molecule has 8 heteroatoms. The molecule has 3 fully saturated rings. The van der Waals surface area contributed by atoms with Gasteiger partial charge in [0, 0.05) is 30.6 Å². The average molecular weight is 526 g/mol. The summed E-state index contributed by atoms with van der Waals surface area (Å²) < 4.78 is -0.676. The molecule has 0 aliphatic carbocycles. The van der Waals surface area contributed by atoms with Crippen LogP contribution < -0.4 is 4.90 Å². The molecule has 1 spiro atoms. The maximum absolute atomic E-state index is 14.2. The summed E-state index contributed by atoms with van der Waals surface area (Å²) >= 11 is 1.66. The molecule has 0 saturated carbocycles. The van der Waals surface area contributed by atoms with E-state index in [0.717, 1.165) is 24.9 Å². The second kappa shape index (κ2) is 11.4. The number of thioether (sulfide) groups is 1. The quantitative estimate of drug-likeness (QED) is 0.423. The minimum atomic E-state index is -0.707. The number of likely N-dealkylation sites (tertiary alicyclic amines) is 1. The molecule has 0 aromatic heterocycles. The lowest BCUT2D eigenvalue weighted by Gasteiger charge is -2.39. The van der Waals surface area contributed by atoms with Gasteiger partial charge in [-0.3, -0.25) is 14.4 Å². The Labute approximate surface area is 224 Å². The maximum Gasteiger partial charge on any atom is 0.247 e. The highest BCUT2D eigenvalue weighted by Crippen LogP contribution is 2.67. The Morgan fingerprint density at radius 3 is 2.54 bits per heavy atom. The van der Waals surface area contributed by atoms with Gasteiger partial charge in [0.1, 0.15) is 6.04 Å². The molecular formula is C29H39N3O4S. The number of carbonyl (C=O) groups is 3. The van der Waals surface area contributed by atoms with Crippen LogP contribution >= 0.6 is 11.8 Å². The first kappa shape index (κ1) is 27.5. The summed E-state index contributed by atoms with van der Waals surface area (Å²) in [7, 11) is 0. The molecular weight excluding hydrogens is 486 g/mol. The first-order chi connectivity index (χ1) is 17.9. The third-order valence-corrected chi connectivity index (χ3v) is 10.0. The highest BCUT2D eigenvalue weighted by atomic mass is 32.2. The number of rotatable bonds is 12.